The van der Waals surface area contributed by atoms with Crippen molar-refractivity contribution in [3.8, 4) is 0 Å². The number of benzene rings is 2. The van der Waals surface area contributed by atoms with Crippen molar-refractivity contribution in [2.24, 2.45) is 0 Å². The van der Waals surface area contributed by atoms with E-state index in [0.717, 1.165) is 17.3 Å². The Bertz CT molecular complexity index is 1280. The maximum absolute atomic E-state index is 13.3. The van der Waals surface area contributed by atoms with E-state index in [-0.39, 0.29) is 24.0 Å². The van der Waals surface area contributed by atoms with E-state index < -0.39 is 11.7 Å². The second-order valence-corrected chi connectivity index (χ2v) is 7.73. The van der Waals surface area contributed by atoms with Crippen molar-refractivity contribution < 1.29 is 18.4 Å². The highest BCUT2D eigenvalue weighted by molar-refractivity contribution is 7.99. The lowest BCUT2D eigenvalue weighted by Crippen LogP contribution is -2.24. The molecule has 0 saturated carbocycles. The number of carbonyl (C=O) groups is 2. The topological polar surface area (TPSA) is 88.4 Å². The number of anilines is 1. The highest BCUT2D eigenvalue weighted by atomic mass is 32.2. The molecule has 0 aliphatic heterocycles. The van der Waals surface area contributed by atoms with Crippen LogP contribution in [0.25, 0.3) is 5.65 Å². The molecule has 7 nitrogen and oxygen atoms in total. The lowest BCUT2D eigenvalue weighted by atomic mass is 10.2. The van der Waals surface area contributed by atoms with Crippen LogP contribution in [0.4, 0.5) is 14.5 Å². The number of amides is 2. The maximum atomic E-state index is 13.3. The summed E-state index contributed by atoms with van der Waals surface area (Å²) in [5, 5.41) is 13.9. The Morgan fingerprint density at radius 3 is 2.56 bits per heavy atom. The van der Waals surface area contributed by atoms with E-state index in [1.807, 2.05) is 0 Å². The second-order valence-electron chi connectivity index (χ2n) is 6.78. The maximum Gasteiger partial charge on any atom is 0.257 e. The van der Waals surface area contributed by atoms with Crippen molar-refractivity contribution in [3.63, 3.8) is 0 Å². The fourth-order valence-corrected chi connectivity index (χ4v) is 3.60. The number of nitrogens with one attached hydrogen (secondary N) is 2. The molecule has 0 spiro atoms. The van der Waals surface area contributed by atoms with E-state index >= 15 is 0 Å². The summed E-state index contributed by atoms with van der Waals surface area (Å²) in [5.41, 5.74) is 1.96. The average Bonchev–Trinajstić information content (AvgIpc) is 3.19. The quantitative estimate of drug-likeness (QED) is 0.417. The van der Waals surface area contributed by atoms with Crippen molar-refractivity contribution in [3.05, 3.63) is 89.6 Å². The monoisotopic (exact) mass is 453 g/mol. The number of hydrogen-bond acceptors (Lipinski definition) is 5. The molecule has 0 fully saturated rings. The van der Waals surface area contributed by atoms with Crippen LogP contribution in [0.3, 0.4) is 0 Å². The molecule has 4 aromatic rings. The van der Waals surface area contributed by atoms with Gasteiger partial charge >= 0.3 is 0 Å². The number of thioether (sulfide) groups is 1. The van der Waals surface area contributed by atoms with Crippen molar-refractivity contribution in [2.75, 3.05) is 11.1 Å². The molecule has 2 amide bonds. The normalized spacial score (nSPS) is 10.8. The molecule has 0 aliphatic rings. The summed E-state index contributed by atoms with van der Waals surface area (Å²) < 4.78 is 27.9. The molecule has 10 heteroatoms. The average molecular weight is 453 g/mol. The van der Waals surface area contributed by atoms with Gasteiger partial charge in [-0.2, -0.15) is 0 Å². The van der Waals surface area contributed by atoms with Gasteiger partial charge in [0, 0.05) is 18.4 Å². The molecular formula is C22H17F2N5O2S. The largest absolute Gasteiger partial charge is 0.351 e. The van der Waals surface area contributed by atoms with E-state index in [2.05, 4.69) is 20.8 Å². The molecule has 32 heavy (non-hydrogen) atoms. The van der Waals surface area contributed by atoms with Crippen LogP contribution in [0, 0.1) is 11.6 Å². The summed E-state index contributed by atoms with van der Waals surface area (Å²) in [4.78, 5) is 24.7. The number of halogens is 2. The first-order valence-corrected chi connectivity index (χ1v) is 10.5. The van der Waals surface area contributed by atoms with Crippen LogP contribution in [0.1, 0.15) is 15.9 Å². The van der Waals surface area contributed by atoms with Gasteiger partial charge in [0.15, 0.2) is 10.8 Å². The molecule has 0 saturated heterocycles. The van der Waals surface area contributed by atoms with Crippen LogP contribution in [0.2, 0.25) is 0 Å². The van der Waals surface area contributed by atoms with Gasteiger partial charge in [-0.05, 0) is 48.0 Å². The van der Waals surface area contributed by atoms with Gasteiger partial charge in [-0.3, -0.25) is 14.0 Å². The second kappa shape index (κ2) is 9.56. The molecule has 0 aliphatic carbocycles. The zero-order valence-electron chi connectivity index (χ0n) is 16.6. The Morgan fingerprint density at radius 2 is 1.78 bits per heavy atom. The minimum absolute atomic E-state index is 0.0850. The first kappa shape index (κ1) is 21.4. The molecule has 2 aromatic heterocycles. The van der Waals surface area contributed by atoms with Crippen LogP contribution in [0.5, 0.6) is 0 Å². The first-order chi connectivity index (χ1) is 15.5. The van der Waals surface area contributed by atoms with Crippen molar-refractivity contribution in [2.45, 2.75) is 11.7 Å². The fourth-order valence-electron chi connectivity index (χ4n) is 2.86. The minimum Gasteiger partial charge on any atom is -0.351 e. The van der Waals surface area contributed by atoms with Gasteiger partial charge in [0.1, 0.15) is 11.6 Å². The molecule has 0 bridgehead atoms. The molecule has 162 valence electrons. The molecule has 4 rings (SSSR count). The summed E-state index contributed by atoms with van der Waals surface area (Å²) in [6, 6.07) is 14.7. The van der Waals surface area contributed by atoms with Gasteiger partial charge in [0.2, 0.25) is 5.91 Å². The number of hydrogen-bond donors (Lipinski definition) is 2. The molecule has 2 aromatic carbocycles. The van der Waals surface area contributed by atoms with E-state index in [0.29, 0.717) is 22.1 Å². The third kappa shape index (κ3) is 5.27. The predicted molar refractivity (Wildman–Crippen MR) is 116 cm³/mol. The van der Waals surface area contributed by atoms with Crippen LogP contribution in [0.15, 0.2) is 72.0 Å². The molecule has 0 atom stereocenters. The zero-order chi connectivity index (χ0) is 22.5. The standard InChI is InChI=1S/C22H17F2N5O2S/c23-16-7-4-14(5-8-16)11-25-20(30)13-32-22-28-27-19-9-6-15(12-29(19)22)21(31)26-18-3-1-2-17(24)10-18/h1-10,12H,11,13H2,(H,25,30)(H,26,31). The van der Waals surface area contributed by atoms with E-state index in [4.69, 9.17) is 0 Å². The number of nitrogens with zero attached hydrogens (tertiary/aromatic N) is 3. The summed E-state index contributed by atoms with van der Waals surface area (Å²) >= 11 is 1.16. The van der Waals surface area contributed by atoms with Crippen LogP contribution < -0.4 is 10.6 Å². The molecule has 0 unspecified atom stereocenters. The fraction of sp³-hybridized carbons (Fsp3) is 0.0909. The van der Waals surface area contributed by atoms with Crippen molar-refractivity contribution >= 4 is 34.9 Å². The van der Waals surface area contributed by atoms with Crippen LogP contribution >= 0.6 is 11.8 Å². The van der Waals surface area contributed by atoms with Gasteiger partial charge in [-0.25, -0.2) is 8.78 Å². The Morgan fingerprint density at radius 1 is 0.969 bits per heavy atom. The Kier molecular flexibility index (Phi) is 6.41. The third-order valence-electron chi connectivity index (χ3n) is 4.45. The molecule has 0 radical (unpaired) electrons. The Hall–Kier alpha value is -3.79. The summed E-state index contributed by atoms with van der Waals surface area (Å²) in [7, 11) is 0. The number of carbonyl (C=O) groups excluding carboxylic acids is 2. The van der Waals surface area contributed by atoms with Gasteiger partial charge in [0.05, 0.1) is 11.3 Å². The number of fused-ring (bicyclic) bond motifs is 1. The van der Waals surface area contributed by atoms with Crippen molar-refractivity contribution in [1.82, 2.24) is 19.9 Å². The van der Waals surface area contributed by atoms with Gasteiger partial charge in [-0.15, -0.1) is 10.2 Å². The number of aromatic nitrogens is 3. The summed E-state index contributed by atoms with van der Waals surface area (Å²) in [6.45, 7) is 0.282. The molecule has 2 N–H and O–H groups in total. The Labute approximate surface area is 185 Å². The van der Waals surface area contributed by atoms with E-state index in [1.54, 1.807) is 40.9 Å². The predicted octanol–water partition coefficient (Wildman–Crippen LogP) is 3.67. The van der Waals surface area contributed by atoms with E-state index in [1.165, 1.54) is 30.3 Å². The SMILES string of the molecule is O=C(CSc1nnc2ccc(C(=O)Nc3cccc(F)c3)cn12)NCc1ccc(F)cc1. The zero-order valence-corrected chi connectivity index (χ0v) is 17.4. The number of rotatable bonds is 7. The van der Waals surface area contributed by atoms with E-state index in [9.17, 15) is 18.4 Å². The third-order valence-corrected chi connectivity index (χ3v) is 5.39. The minimum atomic E-state index is -0.451. The molecular weight excluding hydrogens is 436 g/mol. The highest BCUT2D eigenvalue weighted by Crippen LogP contribution is 2.18. The highest BCUT2D eigenvalue weighted by Gasteiger charge is 2.13. The molecule has 2 heterocycles. The van der Waals surface area contributed by atoms with Crippen molar-refractivity contribution in [1.29, 1.82) is 0 Å². The van der Waals surface area contributed by atoms with Gasteiger partial charge in [-0.1, -0.05) is 30.0 Å². The van der Waals surface area contributed by atoms with Gasteiger partial charge in [0.25, 0.3) is 5.91 Å². The summed E-state index contributed by atoms with van der Waals surface area (Å²) in [5.74, 6) is -1.34. The lowest BCUT2D eigenvalue weighted by molar-refractivity contribution is -0.118. The van der Waals surface area contributed by atoms with Crippen LogP contribution in [-0.4, -0.2) is 32.2 Å². The smallest absolute Gasteiger partial charge is 0.257 e. The van der Waals surface area contributed by atoms with Gasteiger partial charge < -0.3 is 10.6 Å². The summed E-state index contributed by atoms with van der Waals surface area (Å²) in [6.07, 6.45) is 1.56. The lowest BCUT2D eigenvalue weighted by Gasteiger charge is -2.07. The first-order valence-electron chi connectivity index (χ1n) is 9.53. The van der Waals surface area contributed by atoms with Crippen LogP contribution in [-0.2, 0) is 11.3 Å². The Balaban J connectivity index is 1.39. The number of pyridine rings is 1.